The molecular weight excluding hydrogens is 329 g/mol. The van der Waals surface area contributed by atoms with Crippen molar-refractivity contribution in [1.29, 1.82) is 0 Å². The van der Waals surface area contributed by atoms with Gasteiger partial charge in [0.15, 0.2) is 5.82 Å². The molecule has 0 aliphatic carbocycles. The average Bonchev–Trinajstić information content (AvgIpc) is 3.35. The highest BCUT2D eigenvalue weighted by molar-refractivity contribution is 5.90. The Morgan fingerprint density at radius 2 is 2.28 bits per heavy atom. The fourth-order valence-electron chi connectivity index (χ4n) is 2.71. The monoisotopic (exact) mass is 343 g/mol. The maximum absolute atomic E-state index is 14.5. The predicted octanol–water partition coefficient (Wildman–Crippen LogP) is 2.44. The minimum absolute atomic E-state index is 0.203. The predicted molar refractivity (Wildman–Crippen MR) is 86.1 cm³/mol. The molecule has 0 bridgehead atoms. The molecule has 1 fully saturated rings. The van der Waals surface area contributed by atoms with Gasteiger partial charge in [0, 0.05) is 25.0 Å². The summed E-state index contributed by atoms with van der Waals surface area (Å²) in [7, 11) is 0. The van der Waals surface area contributed by atoms with Crippen LogP contribution in [0.25, 0.3) is 5.69 Å². The zero-order chi connectivity index (χ0) is 17.2. The van der Waals surface area contributed by atoms with Crippen LogP contribution in [0.2, 0.25) is 0 Å². The molecule has 128 valence electrons. The van der Waals surface area contributed by atoms with Crippen LogP contribution in [0.1, 0.15) is 0 Å². The van der Waals surface area contributed by atoms with Crippen molar-refractivity contribution in [3.8, 4) is 5.69 Å². The number of rotatable bonds is 5. The smallest absolute Gasteiger partial charge is 0.414 e. The molecule has 3 heterocycles. The van der Waals surface area contributed by atoms with E-state index in [-0.39, 0.29) is 12.6 Å². The molecule has 0 unspecified atom stereocenters. The maximum Gasteiger partial charge on any atom is 0.414 e. The van der Waals surface area contributed by atoms with Crippen LogP contribution in [0, 0.1) is 5.82 Å². The molecule has 1 aromatic carbocycles. The lowest BCUT2D eigenvalue weighted by Gasteiger charge is -2.22. The number of nitrogens with zero attached hydrogens (tertiary/aromatic N) is 4. The number of ether oxygens (including phenoxy) is 1. The number of carbonyl (C=O) groups excluding carboxylic acids is 1. The number of cyclic esters (lactones) is 1. The first-order valence-corrected chi connectivity index (χ1v) is 7.60. The van der Waals surface area contributed by atoms with Crippen molar-refractivity contribution in [3.63, 3.8) is 0 Å². The normalized spacial score (nSPS) is 16.9. The standard InChI is InChI=1S/C16H14FN5O3/c17-13-7-11(1-2-14(13)21-5-4-18-10-21)22-12(9-24-16(22)23)8-19-15-3-6-25-20-15/h1-7,10,12H,8-9H2,(H,19,20)/t12-/m0/s1. The lowest BCUT2D eigenvalue weighted by Crippen LogP contribution is -2.38. The second-order valence-electron chi connectivity index (χ2n) is 5.47. The van der Waals surface area contributed by atoms with E-state index >= 15 is 0 Å². The van der Waals surface area contributed by atoms with Gasteiger partial charge in [-0.1, -0.05) is 5.16 Å². The van der Waals surface area contributed by atoms with Gasteiger partial charge in [0.05, 0.1) is 23.7 Å². The van der Waals surface area contributed by atoms with Gasteiger partial charge >= 0.3 is 6.09 Å². The minimum atomic E-state index is -0.512. The van der Waals surface area contributed by atoms with Crippen LogP contribution in [0.4, 0.5) is 20.7 Å². The highest BCUT2D eigenvalue weighted by atomic mass is 19.1. The van der Waals surface area contributed by atoms with Crippen LogP contribution in [-0.4, -0.2) is 40.0 Å². The van der Waals surface area contributed by atoms with Crippen LogP contribution < -0.4 is 10.2 Å². The summed E-state index contributed by atoms with van der Waals surface area (Å²) >= 11 is 0. The van der Waals surface area contributed by atoms with Crippen molar-refractivity contribution in [2.75, 3.05) is 23.4 Å². The Balaban J connectivity index is 1.56. The summed E-state index contributed by atoms with van der Waals surface area (Å²) in [6, 6.07) is 5.96. The maximum atomic E-state index is 14.5. The van der Waals surface area contributed by atoms with Crippen LogP contribution in [-0.2, 0) is 4.74 Å². The van der Waals surface area contributed by atoms with Crippen molar-refractivity contribution >= 4 is 17.6 Å². The number of carbonyl (C=O) groups is 1. The second-order valence-corrected chi connectivity index (χ2v) is 5.47. The molecule has 1 aliphatic heterocycles. The molecule has 1 N–H and O–H groups in total. The van der Waals surface area contributed by atoms with Crippen LogP contribution in [0.5, 0.6) is 0 Å². The summed E-state index contributed by atoms with van der Waals surface area (Å²) in [6.07, 6.45) is 5.65. The molecule has 1 amide bonds. The Morgan fingerprint density at radius 1 is 1.36 bits per heavy atom. The Morgan fingerprint density at radius 3 is 3.00 bits per heavy atom. The van der Waals surface area contributed by atoms with Crippen molar-refractivity contribution in [2.24, 2.45) is 0 Å². The number of hydrogen-bond acceptors (Lipinski definition) is 6. The average molecular weight is 343 g/mol. The summed E-state index contributed by atoms with van der Waals surface area (Å²) < 4.78 is 25.9. The van der Waals surface area contributed by atoms with E-state index in [1.54, 1.807) is 35.2 Å². The Labute approximate surface area is 141 Å². The number of benzene rings is 1. The summed E-state index contributed by atoms with van der Waals surface area (Å²) in [5.41, 5.74) is 0.780. The van der Waals surface area contributed by atoms with Gasteiger partial charge < -0.3 is 19.1 Å². The summed E-state index contributed by atoms with van der Waals surface area (Å²) in [6.45, 7) is 0.595. The van der Waals surface area contributed by atoms with Gasteiger partial charge in [-0.25, -0.2) is 14.2 Å². The molecule has 25 heavy (non-hydrogen) atoms. The van der Waals surface area contributed by atoms with Crippen molar-refractivity contribution in [2.45, 2.75) is 6.04 Å². The largest absolute Gasteiger partial charge is 0.447 e. The van der Waals surface area contributed by atoms with Crippen molar-refractivity contribution < 1.29 is 18.4 Å². The Kier molecular flexibility index (Phi) is 3.81. The number of aromatic nitrogens is 3. The number of hydrogen-bond donors (Lipinski definition) is 1. The molecule has 0 spiro atoms. The molecule has 1 aliphatic rings. The topological polar surface area (TPSA) is 85.4 Å². The van der Waals surface area contributed by atoms with E-state index in [0.717, 1.165) is 0 Å². The molecule has 1 atom stereocenters. The molecule has 8 nitrogen and oxygen atoms in total. The third-order valence-corrected chi connectivity index (χ3v) is 3.91. The van der Waals surface area contributed by atoms with Gasteiger partial charge in [-0.3, -0.25) is 4.90 Å². The fraction of sp³-hybridized carbons (Fsp3) is 0.188. The first-order valence-electron chi connectivity index (χ1n) is 7.60. The minimum Gasteiger partial charge on any atom is -0.447 e. The van der Waals surface area contributed by atoms with E-state index in [2.05, 4.69) is 15.5 Å². The van der Waals surface area contributed by atoms with Crippen LogP contribution in [0.3, 0.4) is 0 Å². The highest BCUT2D eigenvalue weighted by Gasteiger charge is 2.34. The number of imidazole rings is 1. The zero-order valence-electron chi connectivity index (χ0n) is 13.0. The van der Waals surface area contributed by atoms with Crippen LogP contribution in [0.15, 0.2) is 53.8 Å². The molecule has 1 saturated heterocycles. The molecule has 4 rings (SSSR count). The third-order valence-electron chi connectivity index (χ3n) is 3.91. The lowest BCUT2D eigenvalue weighted by atomic mass is 10.2. The molecule has 2 aromatic heterocycles. The molecule has 0 saturated carbocycles. The molecule has 9 heteroatoms. The van der Waals surface area contributed by atoms with Crippen molar-refractivity contribution in [1.82, 2.24) is 14.7 Å². The van der Waals surface area contributed by atoms with Gasteiger partial charge in [0.25, 0.3) is 0 Å². The van der Waals surface area contributed by atoms with E-state index in [1.165, 1.54) is 23.6 Å². The number of amides is 1. The van der Waals surface area contributed by atoms with E-state index in [4.69, 9.17) is 9.26 Å². The number of halogens is 1. The molecule has 0 radical (unpaired) electrons. The van der Waals surface area contributed by atoms with Gasteiger partial charge in [0.2, 0.25) is 0 Å². The number of anilines is 2. The highest BCUT2D eigenvalue weighted by Crippen LogP contribution is 2.26. The van der Waals surface area contributed by atoms with E-state index in [9.17, 15) is 9.18 Å². The van der Waals surface area contributed by atoms with E-state index < -0.39 is 11.9 Å². The second kappa shape index (κ2) is 6.27. The SMILES string of the molecule is O=C1OC[C@H](CNc2ccon2)N1c1ccc(-n2ccnc2)c(F)c1. The summed E-state index contributed by atoms with van der Waals surface area (Å²) in [5, 5.41) is 6.80. The Bertz CT molecular complexity index is 866. The number of nitrogens with one attached hydrogen (secondary N) is 1. The van der Waals surface area contributed by atoms with Gasteiger partial charge in [0.1, 0.15) is 18.7 Å². The first kappa shape index (κ1) is 15.2. The van der Waals surface area contributed by atoms with E-state index in [1.807, 2.05) is 0 Å². The van der Waals surface area contributed by atoms with Gasteiger partial charge in [-0.2, -0.15) is 0 Å². The summed E-state index contributed by atoms with van der Waals surface area (Å²) in [4.78, 5) is 17.4. The quantitative estimate of drug-likeness (QED) is 0.766. The molecule has 3 aromatic rings. The Hall–Kier alpha value is -3.36. The van der Waals surface area contributed by atoms with Gasteiger partial charge in [-0.05, 0) is 18.2 Å². The van der Waals surface area contributed by atoms with Crippen molar-refractivity contribution in [3.05, 3.63) is 55.1 Å². The van der Waals surface area contributed by atoms with Gasteiger partial charge in [-0.15, -0.1) is 0 Å². The van der Waals surface area contributed by atoms with E-state index in [0.29, 0.717) is 23.7 Å². The lowest BCUT2D eigenvalue weighted by molar-refractivity contribution is 0.179. The summed E-state index contributed by atoms with van der Waals surface area (Å²) in [5.74, 6) is 0.0966. The molecular formula is C16H14FN5O3. The zero-order valence-corrected chi connectivity index (χ0v) is 13.0. The first-order chi connectivity index (χ1) is 12.2. The third kappa shape index (κ3) is 2.91. The fourth-order valence-corrected chi connectivity index (χ4v) is 2.71. The van der Waals surface area contributed by atoms with Crippen LogP contribution >= 0.6 is 0 Å².